The third kappa shape index (κ3) is 5.61. The van der Waals surface area contributed by atoms with E-state index in [1.54, 1.807) is 19.1 Å². The van der Waals surface area contributed by atoms with Crippen LogP contribution in [0.1, 0.15) is 28.5 Å². The second kappa shape index (κ2) is 11.2. The van der Waals surface area contributed by atoms with Gasteiger partial charge in [-0.15, -0.1) is 0 Å². The highest BCUT2D eigenvalue weighted by Gasteiger charge is 2.25. The van der Waals surface area contributed by atoms with E-state index < -0.39 is 5.97 Å². The standard InChI is InChI=1S/C26H21BrClNO5/c1-2-31-26(30)24-23(27)25(34-29-24)19-13-20(28)22(33-16-18-11-7-4-8-12-18)14-21(19)32-15-17-9-5-3-6-10-17/h3-14H,2,15-16H2,1H3. The number of halogens is 2. The summed E-state index contributed by atoms with van der Waals surface area (Å²) in [4.78, 5) is 12.2. The van der Waals surface area contributed by atoms with Crippen molar-refractivity contribution in [2.75, 3.05) is 6.61 Å². The third-order valence-corrected chi connectivity index (χ3v) is 5.89. The highest BCUT2D eigenvalue weighted by atomic mass is 79.9. The second-order valence-electron chi connectivity index (χ2n) is 7.22. The van der Waals surface area contributed by atoms with Crippen molar-refractivity contribution in [2.45, 2.75) is 20.1 Å². The van der Waals surface area contributed by atoms with E-state index in [2.05, 4.69) is 21.1 Å². The van der Waals surface area contributed by atoms with Gasteiger partial charge in [0.2, 0.25) is 5.69 Å². The summed E-state index contributed by atoms with van der Waals surface area (Å²) in [6, 6.07) is 22.9. The molecule has 1 aromatic heterocycles. The Morgan fingerprint density at radius 3 is 2.12 bits per heavy atom. The molecule has 34 heavy (non-hydrogen) atoms. The highest BCUT2D eigenvalue weighted by molar-refractivity contribution is 9.10. The number of carbonyl (C=O) groups excluding carboxylic acids is 1. The summed E-state index contributed by atoms with van der Waals surface area (Å²) in [7, 11) is 0. The zero-order chi connectivity index (χ0) is 23.9. The van der Waals surface area contributed by atoms with Crippen molar-refractivity contribution in [3.63, 3.8) is 0 Å². The quantitative estimate of drug-likeness (QED) is 0.210. The Morgan fingerprint density at radius 2 is 1.53 bits per heavy atom. The summed E-state index contributed by atoms with van der Waals surface area (Å²) in [5, 5.41) is 4.23. The first kappa shape index (κ1) is 23.9. The lowest BCUT2D eigenvalue weighted by Crippen LogP contribution is -2.05. The summed E-state index contributed by atoms with van der Waals surface area (Å²) in [6.45, 7) is 2.59. The Bertz CT molecular complexity index is 1260. The number of hydrogen-bond donors (Lipinski definition) is 0. The molecule has 0 N–H and O–H groups in total. The molecule has 0 spiro atoms. The van der Waals surface area contributed by atoms with Gasteiger partial charge in [-0.1, -0.05) is 77.4 Å². The first-order chi connectivity index (χ1) is 16.6. The molecule has 1 heterocycles. The number of benzene rings is 3. The molecule has 0 amide bonds. The maximum absolute atomic E-state index is 12.2. The lowest BCUT2D eigenvalue weighted by Gasteiger charge is -2.15. The maximum atomic E-state index is 12.2. The van der Waals surface area contributed by atoms with Crippen molar-refractivity contribution in [1.29, 1.82) is 0 Å². The molecule has 0 aliphatic heterocycles. The molecule has 4 rings (SSSR count). The van der Waals surface area contributed by atoms with Crippen LogP contribution in [0, 0.1) is 0 Å². The van der Waals surface area contributed by atoms with Gasteiger partial charge >= 0.3 is 5.97 Å². The van der Waals surface area contributed by atoms with Crippen LogP contribution in [0.4, 0.5) is 0 Å². The average molecular weight is 543 g/mol. The molecular weight excluding hydrogens is 522 g/mol. The molecule has 6 nitrogen and oxygen atoms in total. The molecule has 0 saturated carbocycles. The van der Waals surface area contributed by atoms with Gasteiger partial charge in [0.25, 0.3) is 0 Å². The molecule has 4 aromatic rings. The van der Waals surface area contributed by atoms with Crippen molar-refractivity contribution >= 4 is 33.5 Å². The third-order valence-electron chi connectivity index (χ3n) is 4.86. The van der Waals surface area contributed by atoms with Crippen LogP contribution in [0.2, 0.25) is 5.02 Å². The van der Waals surface area contributed by atoms with Gasteiger partial charge < -0.3 is 18.7 Å². The average Bonchev–Trinajstić information content (AvgIpc) is 3.25. The van der Waals surface area contributed by atoms with Gasteiger partial charge in [-0.25, -0.2) is 4.79 Å². The zero-order valence-electron chi connectivity index (χ0n) is 18.3. The van der Waals surface area contributed by atoms with Crippen LogP contribution >= 0.6 is 27.5 Å². The van der Waals surface area contributed by atoms with Gasteiger partial charge in [0.1, 0.15) is 29.2 Å². The fourth-order valence-electron chi connectivity index (χ4n) is 3.19. The Morgan fingerprint density at radius 1 is 0.941 bits per heavy atom. The van der Waals surface area contributed by atoms with Crippen LogP contribution in [0.15, 0.2) is 81.8 Å². The van der Waals surface area contributed by atoms with E-state index in [0.717, 1.165) is 11.1 Å². The first-order valence-electron chi connectivity index (χ1n) is 10.6. The van der Waals surface area contributed by atoms with E-state index in [0.29, 0.717) is 45.5 Å². The molecule has 0 fully saturated rings. The first-order valence-corrected chi connectivity index (χ1v) is 11.7. The molecule has 0 unspecified atom stereocenters. The van der Waals surface area contributed by atoms with E-state index in [9.17, 15) is 4.79 Å². The summed E-state index contributed by atoms with van der Waals surface area (Å²) in [5.41, 5.74) is 2.54. The molecule has 0 aliphatic carbocycles. The van der Waals surface area contributed by atoms with Crippen LogP contribution in [0.5, 0.6) is 11.5 Å². The summed E-state index contributed by atoms with van der Waals surface area (Å²) >= 11 is 9.96. The molecule has 0 saturated heterocycles. The molecule has 0 radical (unpaired) electrons. The van der Waals surface area contributed by atoms with Crippen molar-refractivity contribution < 1.29 is 23.5 Å². The number of carbonyl (C=O) groups is 1. The Kier molecular flexibility index (Phi) is 7.87. The molecule has 0 bridgehead atoms. The van der Waals surface area contributed by atoms with E-state index in [1.807, 2.05) is 60.7 Å². The van der Waals surface area contributed by atoms with Gasteiger partial charge in [-0.05, 0) is 40.0 Å². The molecular formula is C26H21BrClNO5. The molecule has 0 atom stereocenters. The van der Waals surface area contributed by atoms with Gasteiger partial charge in [-0.2, -0.15) is 0 Å². The van der Waals surface area contributed by atoms with Crippen molar-refractivity contribution in [1.82, 2.24) is 5.16 Å². The fraction of sp³-hybridized carbons (Fsp3) is 0.154. The minimum absolute atomic E-state index is 0.0337. The molecule has 3 aromatic carbocycles. The van der Waals surface area contributed by atoms with Crippen LogP contribution in [-0.4, -0.2) is 17.7 Å². The lowest BCUT2D eigenvalue weighted by molar-refractivity contribution is 0.0513. The number of rotatable bonds is 9. The number of nitrogens with zero attached hydrogens (tertiary/aromatic N) is 1. The molecule has 0 aliphatic rings. The van der Waals surface area contributed by atoms with Crippen molar-refractivity contribution in [2.24, 2.45) is 0 Å². The lowest BCUT2D eigenvalue weighted by atomic mass is 10.1. The Labute approximate surface area is 210 Å². The molecule has 8 heteroatoms. The van der Waals surface area contributed by atoms with Crippen LogP contribution in [0.25, 0.3) is 11.3 Å². The predicted octanol–water partition coefficient (Wildman–Crippen LogP) is 7.09. The zero-order valence-corrected chi connectivity index (χ0v) is 20.6. The smallest absolute Gasteiger partial charge is 0.361 e. The SMILES string of the molecule is CCOC(=O)c1noc(-c2cc(Cl)c(OCc3ccccc3)cc2OCc2ccccc2)c1Br. The van der Waals surface area contributed by atoms with E-state index >= 15 is 0 Å². The largest absolute Gasteiger partial charge is 0.488 e. The van der Waals surface area contributed by atoms with Gasteiger partial charge in [0.15, 0.2) is 5.76 Å². The maximum Gasteiger partial charge on any atom is 0.361 e. The van der Waals surface area contributed by atoms with Crippen molar-refractivity contribution in [3.8, 4) is 22.8 Å². The number of ether oxygens (including phenoxy) is 3. The highest BCUT2D eigenvalue weighted by Crippen LogP contribution is 2.42. The minimum atomic E-state index is -0.593. The van der Waals surface area contributed by atoms with E-state index in [4.69, 9.17) is 30.3 Å². The van der Waals surface area contributed by atoms with Crippen molar-refractivity contribution in [3.05, 3.63) is 99.1 Å². The van der Waals surface area contributed by atoms with Crippen LogP contribution < -0.4 is 9.47 Å². The van der Waals surface area contributed by atoms with Crippen LogP contribution in [-0.2, 0) is 18.0 Å². The summed E-state index contributed by atoms with van der Waals surface area (Å²) in [6.07, 6.45) is 0. The normalized spacial score (nSPS) is 10.7. The Balaban J connectivity index is 1.68. The Hall–Kier alpha value is -3.29. The number of hydrogen-bond acceptors (Lipinski definition) is 6. The summed E-state index contributed by atoms with van der Waals surface area (Å²) < 4.78 is 23.0. The van der Waals surface area contributed by atoms with Gasteiger partial charge in [-0.3, -0.25) is 0 Å². The second-order valence-corrected chi connectivity index (χ2v) is 8.42. The predicted molar refractivity (Wildman–Crippen MR) is 132 cm³/mol. The number of esters is 1. The fourth-order valence-corrected chi connectivity index (χ4v) is 3.92. The van der Waals surface area contributed by atoms with E-state index in [1.165, 1.54) is 0 Å². The minimum Gasteiger partial charge on any atom is -0.488 e. The van der Waals surface area contributed by atoms with E-state index in [-0.39, 0.29) is 12.3 Å². The number of aromatic nitrogens is 1. The van der Waals surface area contributed by atoms with Gasteiger partial charge in [0, 0.05) is 6.07 Å². The summed E-state index contributed by atoms with van der Waals surface area (Å²) in [5.74, 6) is 0.620. The molecule has 174 valence electrons. The van der Waals surface area contributed by atoms with Crippen LogP contribution in [0.3, 0.4) is 0 Å². The monoisotopic (exact) mass is 541 g/mol. The topological polar surface area (TPSA) is 70.8 Å². The van der Waals surface area contributed by atoms with Gasteiger partial charge in [0.05, 0.1) is 17.2 Å².